The molecule has 102 valence electrons. The molecule has 1 aromatic rings. The molecular formula is C14H24N2S2. The van der Waals surface area contributed by atoms with Crippen LogP contribution in [-0.4, -0.2) is 23.0 Å². The van der Waals surface area contributed by atoms with Crippen LogP contribution >= 0.6 is 23.1 Å². The summed E-state index contributed by atoms with van der Waals surface area (Å²) in [6.07, 6.45) is 4.80. The Morgan fingerprint density at radius 1 is 1.33 bits per heavy atom. The minimum Gasteiger partial charge on any atom is -0.312 e. The SMILES string of the molecule is CC(C)(C)c1ncc(CNCC2CCSCC2)s1. The van der Waals surface area contributed by atoms with Gasteiger partial charge < -0.3 is 5.32 Å². The molecule has 0 aromatic carbocycles. The van der Waals surface area contributed by atoms with Crippen LogP contribution in [0, 0.1) is 5.92 Å². The van der Waals surface area contributed by atoms with Crippen LogP contribution in [0.3, 0.4) is 0 Å². The summed E-state index contributed by atoms with van der Waals surface area (Å²) < 4.78 is 0. The van der Waals surface area contributed by atoms with Gasteiger partial charge >= 0.3 is 0 Å². The van der Waals surface area contributed by atoms with E-state index in [-0.39, 0.29) is 5.41 Å². The summed E-state index contributed by atoms with van der Waals surface area (Å²) >= 11 is 3.95. The van der Waals surface area contributed by atoms with Crippen molar-refractivity contribution in [2.24, 2.45) is 5.92 Å². The van der Waals surface area contributed by atoms with Gasteiger partial charge in [-0.05, 0) is 36.8 Å². The van der Waals surface area contributed by atoms with Crippen molar-refractivity contribution in [2.75, 3.05) is 18.1 Å². The van der Waals surface area contributed by atoms with Crippen molar-refractivity contribution < 1.29 is 0 Å². The number of nitrogens with zero attached hydrogens (tertiary/aromatic N) is 1. The molecule has 0 radical (unpaired) electrons. The first-order valence-electron chi connectivity index (χ1n) is 6.79. The molecular weight excluding hydrogens is 260 g/mol. The minimum absolute atomic E-state index is 0.184. The molecule has 0 atom stereocenters. The number of nitrogens with one attached hydrogen (secondary N) is 1. The Labute approximate surface area is 119 Å². The van der Waals surface area contributed by atoms with Gasteiger partial charge in [0.1, 0.15) is 0 Å². The van der Waals surface area contributed by atoms with Gasteiger partial charge in [-0.15, -0.1) is 11.3 Å². The fraction of sp³-hybridized carbons (Fsp3) is 0.786. The third kappa shape index (κ3) is 4.25. The fourth-order valence-corrected chi connectivity index (χ4v) is 4.23. The van der Waals surface area contributed by atoms with Gasteiger partial charge in [0.25, 0.3) is 0 Å². The van der Waals surface area contributed by atoms with Crippen molar-refractivity contribution in [3.63, 3.8) is 0 Å². The van der Waals surface area contributed by atoms with Crippen molar-refractivity contribution in [3.8, 4) is 0 Å². The molecule has 1 aromatic heterocycles. The molecule has 0 aliphatic carbocycles. The fourth-order valence-electron chi connectivity index (χ4n) is 2.09. The highest BCUT2D eigenvalue weighted by Crippen LogP contribution is 2.27. The monoisotopic (exact) mass is 284 g/mol. The Hall–Kier alpha value is -0.0600. The maximum atomic E-state index is 4.53. The molecule has 2 nitrogen and oxygen atoms in total. The van der Waals surface area contributed by atoms with Crippen molar-refractivity contribution >= 4 is 23.1 Å². The molecule has 2 heterocycles. The summed E-state index contributed by atoms with van der Waals surface area (Å²) in [6.45, 7) is 8.83. The van der Waals surface area contributed by atoms with Crippen LogP contribution in [0.4, 0.5) is 0 Å². The second-order valence-electron chi connectivity index (χ2n) is 6.07. The quantitative estimate of drug-likeness (QED) is 0.913. The van der Waals surface area contributed by atoms with Crippen molar-refractivity contribution in [1.82, 2.24) is 10.3 Å². The summed E-state index contributed by atoms with van der Waals surface area (Å²) in [4.78, 5) is 5.89. The first kappa shape index (κ1) is 14.4. The van der Waals surface area contributed by atoms with Crippen molar-refractivity contribution in [1.29, 1.82) is 0 Å². The van der Waals surface area contributed by atoms with E-state index in [0.29, 0.717) is 0 Å². The van der Waals surface area contributed by atoms with Crippen LogP contribution in [0.5, 0.6) is 0 Å². The van der Waals surface area contributed by atoms with Crippen molar-refractivity contribution in [2.45, 2.75) is 45.6 Å². The Bertz CT molecular complexity index is 362. The molecule has 0 bridgehead atoms. The highest BCUT2D eigenvalue weighted by atomic mass is 32.2. The highest BCUT2D eigenvalue weighted by Gasteiger charge is 2.18. The molecule has 0 spiro atoms. The molecule has 0 unspecified atom stereocenters. The summed E-state index contributed by atoms with van der Waals surface area (Å²) in [5.41, 5.74) is 0.184. The summed E-state index contributed by atoms with van der Waals surface area (Å²) in [6, 6.07) is 0. The van der Waals surface area contributed by atoms with Gasteiger partial charge in [-0.3, -0.25) is 0 Å². The molecule has 1 saturated heterocycles. The van der Waals surface area contributed by atoms with E-state index in [4.69, 9.17) is 0 Å². The predicted molar refractivity (Wildman–Crippen MR) is 82.6 cm³/mol. The van der Waals surface area contributed by atoms with Gasteiger partial charge in [0, 0.05) is 23.0 Å². The number of thioether (sulfide) groups is 1. The maximum Gasteiger partial charge on any atom is 0.0981 e. The van der Waals surface area contributed by atoms with E-state index in [0.717, 1.165) is 12.5 Å². The van der Waals surface area contributed by atoms with E-state index in [1.54, 1.807) is 0 Å². The highest BCUT2D eigenvalue weighted by molar-refractivity contribution is 7.99. The Balaban J connectivity index is 1.74. The van der Waals surface area contributed by atoms with E-state index >= 15 is 0 Å². The third-order valence-corrected chi connectivity index (χ3v) is 5.74. The molecule has 1 fully saturated rings. The van der Waals surface area contributed by atoms with E-state index in [1.807, 2.05) is 17.5 Å². The van der Waals surface area contributed by atoms with Crippen LogP contribution in [-0.2, 0) is 12.0 Å². The average Bonchev–Trinajstić information content (AvgIpc) is 2.79. The van der Waals surface area contributed by atoms with E-state index in [9.17, 15) is 0 Å². The Kier molecular flexibility index (Phi) is 5.10. The smallest absolute Gasteiger partial charge is 0.0981 e. The van der Waals surface area contributed by atoms with E-state index < -0.39 is 0 Å². The second kappa shape index (κ2) is 6.40. The van der Waals surface area contributed by atoms with Crippen molar-refractivity contribution in [3.05, 3.63) is 16.1 Å². The molecule has 0 amide bonds. The second-order valence-corrected chi connectivity index (χ2v) is 8.41. The molecule has 1 aliphatic heterocycles. The molecule has 1 N–H and O–H groups in total. The van der Waals surface area contributed by atoms with E-state index in [2.05, 4.69) is 42.8 Å². The Morgan fingerprint density at radius 2 is 2.06 bits per heavy atom. The lowest BCUT2D eigenvalue weighted by Gasteiger charge is -2.21. The topological polar surface area (TPSA) is 24.9 Å². The van der Waals surface area contributed by atoms with Gasteiger partial charge in [0.05, 0.1) is 5.01 Å². The molecule has 18 heavy (non-hydrogen) atoms. The van der Waals surface area contributed by atoms with Crippen LogP contribution in [0.25, 0.3) is 0 Å². The number of thiazole rings is 1. The summed E-state index contributed by atoms with van der Waals surface area (Å²) in [5.74, 6) is 3.59. The number of rotatable bonds is 4. The van der Waals surface area contributed by atoms with Gasteiger partial charge in [-0.2, -0.15) is 11.8 Å². The average molecular weight is 284 g/mol. The van der Waals surface area contributed by atoms with Gasteiger partial charge in [0.15, 0.2) is 0 Å². The summed E-state index contributed by atoms with van der Waals surface area (Å²) in [5, 5.41) is 4.84. The van der Waals surface area contributed by atoms with E-state index in [1.165, 1.54) is 40.8 Å². The molecule has 2 rings (SSSR count). The summed E-state index contributed by atoms with van der Waals surface area (Å²) in [7, 11) is 0. The molecule has 1 aliphatic rings. The maximum absolute atomic E-state index is 4.53. The number of aromatic nitrogens is 1. The first-order valence-corrected chi connectivity index (χ1v) is 8.76. The van der Waals surface area contributed by atoms with Gasteiger partial charge in [-0.25, -0.2) is 4.98 Å². The molecule has 4 heteroatoms. The van der Waals surface area contributed by atoms with Crippen LogP contribution in [0.1, 0.15) is 43.5 Å². The van der Waals surface area contributed by atoms with Gasteiger partial charge in [0.2, 0.25) is 0 Å². The van der Waals surface area contributed by atoms with Crippen LogP contribution in [0.15, 0.2) is 6.20 Å². The van der Waals surface area contributed by atoms with Gasteiger partial charge in [-0.1, -0.05) is 20.8 Å². The zero-order valence-electron chi connectivity index (χ0n) is 11.7. The number of hydrogen-bond donors (Lipinski definition) is 1. The largest absolute Gasteiger partial charge is 0.312 e. The lowest BCUT2D eigenvalue weighted by atomic mass is 9.98. The van der Waals surface area contributed by atoms with Crippen LogP contribution in [0.2, 0.25) is 0 Å². The zero-order chi connectivity index (χ0) is 13.0. The normalized spacial score (nSPS) is 18.2. The standard InChI is InChI=1S/C14H24N2S2/c1-14(2,3)13-16-10-12(18-13)9-15-8-11-4-6-17-7-5-11/h10-11,15H,4-9H2,1-3H3. The Morgan fingerprint density at radius 3 is 2.67 bits per heavy atom. The lowest BCUT2D eigenvalue weighted by molar-refractivity contribution is 0.448. The zero-order valence-corrected chi connectivity index (χ0v) is 13.3. The number of hydrogen-bond acceptors (Lipinski definition) is 4. The minimum atomic E-state index is 0.184. The predicted octanol–water partition coefficient (Wildman–Crippen LogP) is 3.67. The molecule has 0 saturated carbocycles. The third-order valence-electron chi connectivity index (χ3n) is 3.27. The first-order chi connectivity index (χ1) is 8.55. The van der Waals surface area contributed by atoms with Crippen LogP contribution < -0.4 is 5.32 Å². The lowest BCUT2D eigenvalue weighted by Crippen LogP contribution is -2.25.